The zero-order chi connectivity index (χ0) is 20.9. The van der Waals surface area contributed by atoms with E-state index in [1.807, 2.05) is 35.2 Å². The average Bonchev–Trinajstić information content (AvgIpc) is 3.27. The van der Waals surface area contributed by atoms with Crippen molar-refractivity contribution in [1.82, 2.24) is 19.7 Å². The standard InChI is InChI=1S/C20H20N6O3S/c27-19(14-30-20-21-15-25(22-20)17-4-2-1-3-5-17)24-12-10-23(11-13-24)16-6-8-18(9-7-16)26(28)29/h1-9,15H,10-14H2. The minimum absolute atomic E-state index is 0.0550. The van der Waals surface area contributed by atoms with E-state index < -0.39 is 4.92 Å². The van der Waals surface area contributed by atoms with Crippen molar-refractivity contribution in [1.29, 1.82) is 0 Å². The first kappa shape index (κ1) is 19.9. The molecule has 30 heavy (non-hydrogen) atoms. The molecule has 1 aromatic heterocycles. The van der Waals surface area contributed by atoms with Gasteiger partial charge < -0.3 is 9.80 Å². The number of amides is 1. The number of nitro groups is 1. The van der Waals surface area contributed by atoms with E-state index in [4.69, 9.17) is 0 Å². The number of aromatic nitrogens is 3. The van der Waals surface area contributed by atoms with Crippen LogP contribution in [0.3, 0.4) is 0 Å². The molecule has 0 unspecified atom stereocenters. The van der Waals surface area contributed by atoms with Crippen LogP contribution in [0, 0.1) is 10.1 Å². The number of hydrogen-bond donors (Lipinski definition) is 0. The van der Waals surface area contributed by atoms with Crippen molar-refractivity contribution < 1.29 is 9.72 Å². The highest BCUT2D eigenvalue weighted by molar-refractivity contribution is 7.99. The maximum Gasteiger partial charge on any atom is 0.269 e. The van der Waals surface area contributed by atoms with Crippen molar-refractivity contribution in [3.8, 4) is 5.69 Å². The van der Waals surface area contributed by atoms with Gasteiger partial charge in [0.15, 0.2) is 0 Å². The normalized spacial score (nSPS) is 14.0. The first-order chi connectivity index (χ1) is 14.6. The Morgan fingerprint density at radius 2 is 1.70 bits per heavy atom. The van der Waals surface area contributed by atoms with E-state index >= 15 is 0 Å². The predicted molar refractivity (Wildman–Crippen MR) is 114 cm³/mol. The molecule has 1 fully saturated rings. The van der Waals surface area contributed by atoms with Crippen molar-refractivity contribution >= 4 is 29.0 Å². The summed E-state index contributed by atoms with van der Waals surface area (Å²) in [6.45, 7) is 2.61. The van der Waals surface area contributed by atoms with Crippen molar-refractivity contribution in [3.63, 3.8) is 0 Å². The third-order valence-corrected chi connectivity index (χ3v) is 5.71. The van der Waals surface area contributed by atoms with E-state index in [0.717, 1.165) is 11.4 Å². The Morgan fingerprint density at radius 3 is 2.37 bits per heavy atom. The number of benzene rings is 2. The second-order valence-electron chi connectivity index (χ2n) is 6.74. The van der Waals surface area contributed by atoms with Gasteiger partial charge in [0.25, 0.3) is 5.69 Å². The van der Waals surface area contributed by atoms with Gasteiger partial charge in [-0.15, -0.1) is 5.10 Å². The molecule has 0 spiro atoms. The molecule has 0 atom stereocenters. The molecule has 1 saturated heterocycles. The Bertz CT molecular complexity index is 1020. The molecule has 9 nitrogen and oxygen atoms in total. The van der Waals surface area contributed by atoms with Gasteiger partial charge in [-0.3, -0.25) is 14.9 Å². The molecule has 0 N–H and O–H groups in total. The Hall–Kier alpha value is -3.40. The summed E-state index contributed by atoms with van der Waals surface area (Å²) in [5, 5.41) is 15.8. The quantitative estimate of drug-likeness (QED) is 0.341. The fourth-order valence-electron chi connectivity index (χ4n) is 3.24. The topological polar surface area (TPSA) is 97.4 Å². The van der Waals surface area contributed by atoms with Crippen LogP contribution in [0.1, 0.15) is 0 Å². The number of nitrogens with zero attached hydrogens (tertiary/aromatic N) is 6. The fourth-order valence-corrected chi connectivity index (χ4v) is 3.94. The summed E-state index contributed by atoms with van der Waals surface area (Å²) < 4.78 is 1.69. The third-order valence-electron chi connectivity index (χ3n) is 4.87. The predicted octanol–water partition coefficient (Wildman–Crippen LogP) is 2.62. The van der Waals surface area contributed by atoms with E-state index in [-0.39, 0.29) is 17.3 Å². The van der Waals surface area contributed by atoms with E-state index in [1.165, 1.54) is 23.9 Å². The fraction of sp³-hybridized carbons (Fsp3) is 0.250. The van der Waals surface area contributed by atoms with Crippen molar-refractivity contribution in [2.75, 3.05) is 36.8 Å². The third kappa shape index (κ3) is 4.60. The summed E-state index contributed by atoms with van der Waals surface area (Å²) in [4.78, 5) is 31.2. The Labute approximate surface area is 177 Å². The van der Waals surface area contributed by atoms with E-state index in [9.17, 15) is 14.9 Å². The number of piperazine rings is 1. The summed E-state index contributed by atoms with van der Waals surface area (Å²) >= 11 is 1.33. The first-order valence-corrected chi connectivity index (χ1v) is 10.5. The van der Waals surface area contributed by atoms with Crippen molar-refractivity contribution in [3.05, 3.63) is 71.0 Å². The smallest absolute Gasteiger partial charge is 0.269 e. The van der Waals surface area contributed by atoms with Gasteiger partial charge in [0.1, 0.15) is 6.33 Å². The van der Waals surface area contributed by atoms with Gasteiger partial charge in [0.05, 0.1) is 16.4 Å². The number of thioether (sulfide) groups is 1. The van der Waals surface area contributed by atoms with E-state index in [2.05, 4.69) is 15.0 Å². The average molecular weight is 424 g/mol. The Kier molecular flexibility index (Phi) is 5.94. The Morgan fingerprint density at radius 1 is 1.00 bits per heavy atom. The number of rotatable bonds is 6. The number of carbonyl (C=O) groups is 1. The van der Waals surface area contributed by atoms with Crippen LogP contribution in [0.2, 0.25) is 0 Å². The lowest BCUT2D eigenvalue weighted by Crippen LogP contribution is -2.49. The van der Waals surface area contributed by atoms with Gasteiger partial charge >= 0.3 is 0 Å². The second-order valence-corrected chi connectivity index (χ2v) is 7.68. The monoisotopic (exact) mass is 424 g/mol. The van der Waals surface area contributed by atoms with Crippen LogP contribution in [-0.2, 0) is 4.79 Å². The number of para-hydroxylation sites is 1. The number of hydrogen-bond acceptors (Lipinski definition) is 7. The van der Waals surface area contributed by atoms with Crippen LogP contribution in [0.4, 0.5) is 11.4 Å². The lowest BCUT2D eigenvalue weighted by Gasteiger charge is -2.36. The van der Waals surface area contributed by atoms with Gasteiger partial charge in [0, 0.05) is 44.0 Å². The zero-order valence-corrected chi connectivity index (χ0v) is 16.9. The van der Waals surface area contributed by atoms with Gasteiger partial charge in [-0.2, -0.15) is 0 Å². The molecule has 4 rings (SSSR count). The van der Waals surface area contributed by atoms with Crippen molar-refractivity contribution in [2.24, 2.45) is 0 Å². The minimum Gasteiger partial charge on any atom is -0.368 e. The van der Waals surface area contributed by atoms with Crippen LogP contribution in [0.15, 0.2) is 66.1 Å². The largest absolute Gasteiger partial charge is 0.368 e. The lowest BCUT2D eigenvalue weighted by molar-refractivity contribution is -0.384. The highest BCUT2D eigenvalue weighted by Crippen LogP contribution is 2.21. The van der Waals surface area contributed by atoms with Gasteiger partial charge in [-0.05, 0) is 24.3 Å². The summed E-state index contributed by atoms with van der Waals surface area (Å²) in [6, 6.07) is 16.2. The molecule has 2 heterocycles. The number of carbonyl (C=O) groups excluding carboxylic acids is 1. The summed E-state index contributed by atoms with van der Waals surface area (Å²) in [5.41, 5.74) is 1.93. The zero-order valence-electron chi connectivity index (χ0n) is 16.1. The molecule has 2 aromatic carbocycles. The first-order valence-electron chi connectivity index (χ1n) is 9.47. The molecule has 0 radical (unpaired) electrons. The SMILES string of the molecule is O=C(CSc1ncn(-c2ccccc2)n1)N1CCN(c2ccc([N+](=O)[O-])cc2)CC1. The molecule has 0 saturated carbocycles. The minimum atomic E-state index is -0.407. The number of non-ortho nitro benzene ring substituents is 1. The number of nitro benzene ring substituents is 1. The molecule has 154 valence electrons. The van der Waals surface area contributed by atoms with Crippen LogP contribution < -0.4 is 4.90 Å². The lowest BCUT2D eigenvalue weighted by atomic mass is 10.2. The second kappa shape index (κ2) is 8.95. The van der Waals surface area contributed by atoms with Crippen LogP contribution in [0.25, 0.3) is 5.69 Å². The molecular weight excluding hydrogens is 404 g/mol. The maximum absolute atomic E-state index is 12.6. The molecule has 0 aliphatic carbocycles. The van der Waals surface area contributed by atoms with Crippen LogP contribution in [0.5, 0.6) is 0 Å². The highest BCUT2D eigenvalue weighted by atomic mass is 32.2. The Balaban J connectivity index is 1.26. The molecule has 1 aliphatic heterocycles. The molecular formula is C20H20N6O3S. The maximum atomic E-state index is 12.6. The molecule has 3 aromatic rings. The van der Waals surface area contributed by atoms with Crippen molar-refractivity contribution in [2.45, 2.75) is 5.16 Å². The molecule has 10 heteroatoms. The summed E-state index contributed by atoms with van der Waals surface area (Å²) in [5.74, 6) is 0.343. The van der Waals surface area contributed by atoms with Gasteiger partial charge in [-0.1, -0.05) is 30.0 Å². The molecule has 1 aliphatic rings. The molecule has 1 amide bonds. The van der Waals surface area contributed by atoms with Crippen LogP contribution in [-0.4, -0.2) is 62.4 Å². The highest BCUT2D eigenvalue weighted by Gasteiger charge is 2.22. The molecule has 0 bridgehead atoms. The van der Waals surface area contributed by atoms with Crippen LogP contribution >= 0.6 is 11.8 Å². The summed E-state index contributed by atoms with van der Waals surface area (Å²) in [7, 11) is 0. The van der Waals surface area contributed by atoms with Gasteiger partial charge in [0.2, 0.25) is 11.1 Å². The summed E-state index contributed by atoms with van der Waals surface area (Å²) in [6.07, 6.45) is 1.64. The van der Waals surface area contributed by atoms with Gasteiger partial charge in [-0.25, -0.2) is 9.67 Å². The van der Waals surface area contributed by atoms with E-state index in [1.54, 1.807) is 23.1 Å². The number of anilines is 1. The van der Waals surface area contributed by atoms with E-state index in [0.29, 0.717) is 31.3 Å².